The van der Waals surface area contributed by atoms with Crippen LogP contribution >= 0.6 is 0 Å². The van der Waals surface area contributed by atoms with Gasteiger partial charge in [-0.2, -0.15) is 0 Å². The van der Waals surface area contributed by atoms with E-state index in [1.807, 2.05) is 0 Å². The highest BCUT2D eigenvalue weighted by Crippen LogP contribution is 2.35. The van der Waals surface area contributed by atoms with Crippen molar-refractivity contribution in [2.24, 2.45) is 5.92 Å². The van der Waals surface area contributed by atoms with Crippen molar-refractivity contribution in [3.05, 3.63) is 35.9 Å². The fourth-order valence-corrected chi connectivity index (χ4v) is 1.06. The standard InChI is InChI=1S/C10H12F2O/c1-8(7-13)10(11,12)9-5-3-2-4-6-9/h2-6,8,13H,7H2,1H3/t8-/m1/s1. The van der Waals surface area contributed by atoms with E-state index in [-0.39, 0.29) is 5.56 Å². The summed E-state index contributed by atoms with van der Waals surface area (Å²) >= 11 is 0. The zero-order valence-corrected chi connectivity index (χ0v) is 7.37. The fraction of sp³-hybridized carbons (Fsp3) is 0.400. The average Bonchev–Trinajstić information content (AvgIpc) is 2.18. The molecule has 1 nitrogen and oxygen atoms in total. The van der Waals surface area contributed by atoms with Crippen LogP contribution in [0.2, 0.25) is 0 Å². The maximum atomic E-state index is 13.4. The minimum absolute atomic E-state index is 0.0449. The molecule has 0 radical (unpaired) electrons. The predicted molar refractivity (Wildman–Crippen MR) is 46.6 cm³/mol. The van der Waals surface area contributed by atoms with Gasteiger partial charge in [-0.25, -0.2) is 8.78 Å². The van der Waals surface area contributed by atoms with Crippen molar-refractivity contribution in [2.75, 3.05) is 6.61 Å². The van der Waals surface area contributed by atoms with Gasteiger partial charge in [0.15, 0.2) is 0 Å². The second-order valence-corrected chi connectivity index (χ2v) is 3.07. The summed E-state index contributed by atoms with van der Waals surface area (Å²) in [7, 11) is 0. The molecular formula is C10H12F2O. The predicted octanol–water partition coefficient (Wildman–Crippen LogP) is 2.41. The van der Waals surface area contributed by atoms with E-state index in [0.29, 0.717) is 0 Å². The Morgan fingerprint density at radius 1 is 1.31 bits per heavy atom. The molecule has 1 N–H and O–H groups in total. The van der Waals surface area contributed by atoms with Gasteiger partial charge in [0.25, 0.3) is 5.92 Å². The Hall–Kier alpha value is -0.960. The normalized spacial score (nSPS) is 14.2. The summed E-state index contributed by atoms with van der Waals surface area (Å²) in [5, 5.41) is 8.65. The van der Waals surface area contributed by atoms with Crippen LogP contribution in [0.4, 0.5) is 8.78 Å². The molecular weight excluding hydrogens is 174 g/mol. The van der Waals surface area contributed by atoms with Gasteiger partial charge in [0, 0.05) is 11.5 Å². The van der Waals surface area contributed by atoms with E-state index in [1.54, 1.807) is 18.2 Å². The maximum Gasteiger partial charge on any atom is 0.277 e. The van der Waals surface area contributed by atoms with Gasteiger partial charge in [-0.05, 0) is 0 Å². The van der Waals surface area contributed by atoms with Crippen LogP contribution in [0.15, 0.2) is 30.3 Å². The van der Waals surface area contributed by atoms with Crippen molar-refractivity contribution in [1.29, 1.82) is 0 Å². The number of halogens is 2. The third-order valence-corrected chi connectivity index (χ3v) is 2.05. The Morgan fingerprint density at radius 2 is 1.85 bits per heavy atom. The molecule has 0 saturated heterocycles. The van der Waals surface area contributed by atoms with Crippen molar-refractivity contribution in [2.45, 2.75) is 12.8 Å². The smallest absolute Gasteiger partial charge is 0.277 e. The van der Waals surface area contributed by atoms with Crippen LogP contribution in [-0.2, 0) is 5.92 Å². The van der Waals surface area contributed by atoms with Gasteiger partial charge in [-0.3, -0.25) is 0 Å². The number of hydrogen-bond acceptors (Lipinski definition) is 1. The lowest BCUT2D eigenvalue weighted by Crippen LogP contribution is -2.25. The van der Waals surface area contributed by atoms with Crippen molar-refractivity contribution in [1.82, 2.24) is 0 Å². The minimum atomic E-state index is -2.95. The molecule has 13 heavy (non-hydrogen) atoms. The summed E-state index contributed by atoms with van der Waals surface area (Å²) in [5.41, 5.74) is -0.0449. The summed E-state index contributed by atoms with van der Waals surface area (Å²) in [6, 6.07) is 7.54. The van der Waals surface area contributed by atoms with E-state index < -0.39 is 18.4 Å². The molecule has 1 aromatic carbocycles. The lowest BCUT2D eigenvalue weighted by atomic mass is 9.97. The number of aliphatic hydroxyl groups excluding tert-OH is 1. The molecule has 0 bridgehead atoms. The highest BCUT2D eigenvalue weighted by atomic mass is 19.3. The molecule has 0 saturated carbocycles. The first-order valence-electron chi connectivity index (χ1n) is 4.13. The molecule has 0 unspecified atom stereocenters. The Morgan fingerprint density at radius 3 is 2.31 bits per heavy atom. The molecule has 0 aromatic heterocycles. The Labute approximate surface area is 76.0 Å². The first-order chi connectivity index (χ1) is 6.09. The molecule has 0 aliphatic carbocycles. The van der Waals surface area contributed by atoms with Crippen molar-refractivity contribution in [3.63, 3.8) is 0 Å². The molecule has 0 fully saturated rings. The molecule has 1 aromatic rings. The van der Waals surface area contributed by atoms with Crippen LogP contribution in [-0.4, -0.2) is 11.7 Å². The van der Waals surface area contributed by atoms with Crippen molar-refractivity contribution in [3.8, 4) is 0 Å². The van der Waals surface area contributed by atoms with Crippen molar-refractivity contribution >= 4 is 0 Å². The number of aliphatic hydroxyl groups is 1. The summed E-state index contributed by atoms with van der Waals surface area (Å²) in [6.07, 6.45) is 0. The Bertz CT molecular complexity index is 259. The van der Waals surface area contributed by atoms with Gasteiger partial charge >= 0.3 is 0 Å². The molecule has 0 amide bonds. The summed E-state index contributed by atoms with van der Waals surface area (Å²) in [6.45, 7) is 0.814. The second kappa shape index (κ2) is 3.83. The fourth-order valence-electron chi connectivity index (χ4n) is 1.06. The highest BCUT2D eigenvalue weighted by molar-refractivity contribution is 5.20. The summed E-state index contributed by atoms with van der Waals surface area (Å²) < 4.78 is 26.8. The van der Waals surface area contributed by atoms with E-state index in [1.165, 1.54) is 19.1 Å². The van der Waals surface area contributed by atoms with Gasteiger partial charge in [0.2, 0.25) is 0 Å². The first kappa shape index (κ1) is 10.1. The van der Waals surface area contributed by atoms with E-state index in [0.717, 1.165) is 0 Å². The van der Waals surface area contributed by atoms with Gasteiger partial charge in [-0.1, -0.05) is 37.3 Å². The van der Waals surface area contributed by atoms with Crippen LogP contribution in [0, 0.1) is 5.92 Å². The monoisotopic (exact) mass is 186 g/mol. The number of rotatable bonds is 3. The zero-order chi connectivity index (χ0) is 9.90. The number of alkyl halides is 2. The lowest BCUT2D eigenvalue weighted by Gasteiger charge is -2.22. The third-order valence-electron chi connectivity index (χ3n) is 2.05. The summed E-state index contributed by atoms with van der Waals surface area (Å²) in [4.78, 5) is 0. The lowest BCUT2D eigenvalue weighted by molar-refractivity contribution is -0.0753. The molecule has 1 atom stereocenters. The molecule has 72 valence electrons. The molecule has 0 heterocycles. The van der Waals surface area contributed by atoms with Crippen LogP contribution in [0.3, 0.4) is 0 Å². The molecule has 3 heteroatoms. The molecule has 0 aliphatic heterocycles. The van der Waals surface area contributed by atoms with Crippen LogP contribution < -0.4 is 0 Å². The average molecular weight is 186 g/mol. The Kier molecular flexibility index (Phi) is 2.98. The van der Waals surface area contributed by atoms with Gasteiger partial charge in [-0.15, -0.1) is 0 Å². The Balaban J connectivity index is 2.93. The summed E-state index contributed by atoms with van der Waals surface area (Å²) in [5.74, 6) is -3.99. The van der Waals surface area contributed by atoms with Crippen molar-refractivity contribution < 1.29 is 13.9 Å². The zero-order valence-electron chi connectivity index (χ0n) is 7.37. The highest BCUT2D eigenvalue weighted by Gasteiger charge is 2.37. The van der Waals surface area contributed by atoms with Gasteiger partial charge in [0.05, 0.1) is 6.61 Å². The van der Waals surface area contributed by atoms with Gasteiger partial charge < -0.3 is 5.11 Å². The second-order valence-electron chi connectivity index (χ2n) is 3.07. The third kappa shape index (κ3) is 2.04. The van der Waals surface area contributed by atoms with Crippen LogP contribution in [0.5, 0.6) is 0 Å². The van der Waals surface area contributed by atoms with E-state index >= 15 is 0 Å². The first-order valence-corrected chi connectivity index (χ1v) is 4.13. The molecule has 1 rings (SSSR count). The van der Waals surface area contributed by atoms with E-state index in [4.69, 9.17) is 5.11 Å². The molecule has 0 aliphatic rings. The SMILES string of the molecule is C[C@H](CO)C(F)(F)c1ccccc1. The van der Waals surface area contributed by atoms with Crippen LogP contribution in [0.25, 0.3) is 0 Å². The topological polar surface area (TPSA) is 20.2 Å². The van der Waals surface area contributed by atoms with Gasteiger partial charge in [0.1, 0.15) is 0 Å². The minimum Gasteiger partial charge on any atom is -0.396 e. The number of hydrogen-bond donors (Lipinski definition) is 1. The quantitative estimate of drug-likeness (QED) is 0.768. The molecule has 0 spiro atoms. The maximum absolute atomic E-state index is 13.4. The van der Waals surface area contributed by atoms with Crippen LogP contribution in [0.1, 0.15) is 12.5 Å². The number of benzene rings is 1. The van der Waals surface area contributed by atoms with E-state index in [9.17, 15) is 8.78 Å². The van der Waals surface area contributed by atoms with E-state index in [2.05, 4.69) is 0 Å². The largest absolute Gasteiger partial charge is 0.396 e.